The summed E-state index contributed by atoms with van der Waals surface area (Å²) < 4.78 is 15.7. The monoisotopic (exact) mass is 312 g/mol. The molecule has 1 N–H and O–H groups in total. The number of hydrogen-bond acceptors (Lipinski definition) is 3. The summed E-state index contributed by atoms with van der Waals surface area (Å²) in [6, 6.07) is 4.55. The first kappa shape index (κ1) is 13.0. The fourth-order valence-corrected chi connectivity index (χ4v) is 2.29. The van der Waals surface area contributed by atoms with E-state index in [-0.39, 0.29) is 5.82 Å². The van der Waals surface area contributed by atoms with Gasteiger partial charge in [-0.05, 0) is 48.0 Å². The minimum atomic E-state index is -0.278. The molecule has 2 rings (SSSR count). The molecule has 0 radical (unpaired) electrons. The molecule has 0 bridgehead atoms. The van der Waals surface area contributed by atoms with Crippen LogP contribution in [0.25, 0.3) is 11.4 Å². The molecule has 0 aliphatic carbocycles. The molecule has 0 saturated carbocycles. The number of hydrogen-bond donors (Lipinski definition) is 1. The lowest BCUT2D eigenvalue weighted by atomic mass is 10.2. The lowest BCUT2D eigenvalue weighted by Gasteiger charge is -2.09. The number of anilines is 1. The molecule has 0 saturated heterocycles. The standard InChI is InChI=1S/C12H14BrFN4/c1-3-15-12-17-16-11(18(12)4-2)9-6-5-8(14)7-10(9)13/h5-7H,3-4H2,1-2H3,(H,15,17). The summed E-state index contributed by atoms with van der Waals surface area (Å²) in [4.78, 5) is 0. The fourth-order valence-electron chi connectivity index (χ4n) is 1.76. The third-order valence-electron chi connectivity index (χ3n) is 2.57. The van der Waals surface area contributed by atoms with E-state index >= 15 is 0 Å². The van der Waals surface area contributed by atoms with E-state index in [1.54, 1.807) is 6.07 Å². The van der Waals surface area contributed by atoms with E-state index in [9.17, 15) is 4.39 Å². The zero-order chi connectivity index (χ0) is 13.1. The van der Waals surface area contributed by atoms with Gasteiger partial charge in [-0.2, -0.15) is 0 Å². The quantitative estimate of drug-likeness (QED) is 0.942. The Balaban J connectivity index is 2.50. The Morgan fingerprint density at radius 2 is 2.11 bits per heavy atom. The Morgan fingerprint density at radius 1 is 1.33 bits per heavy atom. The molecule has 18 heavy (non-hydrogen) atoms. The van der Waals surface area contributed by atoms with Crippen molar-refractivity contribution >= 4 is 21.9 Å². The Bertz CT molecular complexity index is 553. The van der Waals surface area contributed by atoms with Crippen LogP contribution in [-0.2, 0) is 6.54 Å². The topological polar surface area (TPSA) is 42.7 Å². The fraction of sp³-hybridized carbons (Fsp3) is 0.333. The Kier molecular flexibility index (Phi) is 3.96. The number of benzene rings is 1. The maximum Gasteiger partial charge on any atom is 0.224 e. The Morgan fingerprint density at radius 3 is 2.72 bits per heavy atom. The molecule has 0 aliphatic rings. The first-order valence-electron chi connectivity index (χ1n) is 5.79. The second kappa shape index (κ2) is 5.48. The van der Waals surface area contributed by atoms with Gasteiger partial charge >= 0.3 is 0 Å². The zero-order valence-corrected chi connectivity index (χ0v) is 11.8. The third-order valence-corrected chi connectivity index (χ3v) is 3.23. The lowest BCUT2D eigenvalue weighted by Crippen LogP contribution is -2.07. The van der Waals surface area contributed by atoms with Gasteiger partial charge in [-0.15, -0.1) is 10.2 Å². The smallest absolute Gasteiger partial charge is 0.224 e. The summed E-state index contributed by atoms with van der Waals surface area (Å²) in [5.41, 5.74) is 0.829. The van der Waals surface area contributed by atoms with Crippen molar-refractivity contribution in [2.45, 2.75) is 20.4 Å². The predicted molar refractivity (Wildman–Crippen MR) is 73.0 cm³/mol. The van der Waals surface area contributed by atoms with Crippen LogP contribution in [0.4, 0.5) is 10.3 Å². The molecule has 2 aromatic rings. The van der Waals surface area contributed by atoms with Gasteiger partial charge in [-0.3, -0.25) is 4.57 Å². The van der Waals surface area contributed by atoms with Crippen molar-refractivity contribution < 1.29 is 4.39 Å². The first-order chi connectivity index (χ1) is 8.67. The lowest BCUT2D eigenvalue weighted by molar-refractivity contribution is 0.627. The van der Waals surface area contributed by atoms with E-state index < -0.39 is 0 Å². The van der Waals surface area contributed by atoms with Gasteiger partial charge in [0.05, 0.1) is 0 Å². The molecule has 0 amide bonds. The minimum Gasteiger partial charge on any atom is -0.355 e. The number of nitrogens with one attached hydrogen (secondary N) is 1. The van der Waals surface area contributed by atoms with Crippen LogP contribution in [0.15, 0.2) is 22.7 Å². The maximum atomic E-state index is 13.1. The van der Waals surface area contributed by atoms with Crippen molar-refractivity contribution in [3.05, 3.63) is 28.5 Å². The van der Waals surface area contributed by atoms with E-state index in [1.165, 1.54) is 12.1 Å². The average molecular weight is 313 g/mol. The number of rotatable bonds is 4. The molecule has 1 aromatic heterocycles. The van der Waals surface area contributed by atoms with Crippen molar-refractivity contribution in [3.8, 4) is 11.4 Å². The van der Waals surface area contributed by atoms with E-state index in [2.05, 4.69) is 31.4 Å². The van der Waals surface area contributed by atoms with Gasteiger partial charge in [0.2, 0.25) is 5.95 Å². The summed E-state index contributed by atoms with van der Waals surface area (Å²) in [5.74, 6) is 1.17. The zero-order valence-electron chi connectivity index (χ0n) is 10.2. The minimum absolute atomic E-state index is 0.278. The molecule has 0 unspecified atom stereocenters. The molecule has 96 valence electrons. The SMILES string of the molecule is CCNc1nnc(-c2ccc(F)cc2Br)n1CC. The van der Waals surface area contributed by atoms with Crippen LogP contribution in [-0.4, -0.2) is 21.3 Å². The summed E-state index contributed by atoms with van der Waals surface area (Å²) >= 11 is 3.35. The second-order valence-electron chi connectivity index (χ2n) is 3.75. The first-order valence-corrected chi connectivity index (χ1v) is 6.59. The van der Waals surface area contributed by atoms with Crippen molar-refractivity contribution in [3.63, 3.8) is 0 Å². The Labute approximate surface area is 113 Å². The largest absolute Gasteiger partial charge is 0.355 e. The second-order valence-corrected chi connectivity index (χ2v) is 4.60. The highest BCUT2D eigenvalue weighted by Crippen LogP contribution is 2.28. The molecule has 0 atom stereocenters. The molecule has 6 heteroatoms. The summed E-state index contributed by atoms with van der Waals surface area (Å²) in [6.45, 7) is 5.55. The summed E-state index contributed by atoms with van der Waals surface area (Å²) in [5, 5.41) is 11.4. The highest BCUT2D eigenvalue weighted by Gasteiger charge is 2.14. The van der Waals surface area contributed by atoms with E-state index in [4.69, 9.17) is 0 Å². The average Bonchev–Trinajstić information content (AvgIpc) is 2.72. The van der Waals surface area contributed by atoms with Crippen LogP contribution in [0.1, 0.15) is 13.8 Å². The van der Waals surface area contributed by atoms with Gasteiger partial charge in [0.1, 0.15) is 5.82 Å². The highest BCUT2D eigenvalue weighted by atomic mass is 79.9. The van der Waals surface area contributed by atoms with Crippen LogP contribution in [0.5, 0.6) is 0 Å². The Hall–Kier alpha value is -1.43. The molecule has 1 heterocycles. The van der Waals surface area contributed by atoms with E-state index in [0.717, 1.165) is 30.4 Å². The summed E-state index contributed by atoms with van der Waals surface area (Å²) in [6.07, 6.45) is 0. The number of aromatic nitrogens is 3. The van der Waals surface area contributed by atoms with Gasteiger partial charge in [-0.1, -0.05) is 0 Å². The van der Waals surface area contributed by atoms with Crippen LogP contribution < -0.4 is 5.32 Å². The molecule has 0 fully saturated rings. The predicted octanol–water partition coefficient (Wildman–Crippen LogP) is 3.30. The van der Waals surface area contributed by atoms with Gasteiger partial charge in [0.25, 0.3) is 0 Å². The van der Waals surface area contributed by atoms with E-state index in [1.807, 2.05) is 18.4 Å². The molecule has 0 spiro atoms. The molecule has 0 aliphatic heterocycles. The highest BCUT2D eigenvalue weighted by molar-refractivity contribution is 9.10. The normalized spacial score (nSPS) is 10.7. The molecular formula is C12H14BrFN4. The van der Waals surface area contributed by atoms with Crippen molar-refractivity contribution in [2.75, 3.05) is 11.9 Å². The van der Waals surface area contributed by atoms with Gasteiger partial charge in [0, 0.05) is 23.1 Å². The van der Waals surface area contributed by atoms with Crippen LogP contribution in [0.3, 0.4) is 0 Å². The summed E-state index contributed by atoms with van der Waals surface area (Å²) in [7, 11) is 0. The van der Waals surface area contributed by atoms with Gasteiger partial charge in [0.15, 0.2) is 5.82 Å². The van der Waals surface area contributed by atoms with Crippen LogP contribution >= 0.6 is 15.9 Å². The van der Waals surface area contributed by atoms with Gasteiger partial charge in [-0.25, -0.2) is 4.39 Å². The molecule has 1 aromatic carbocycles. The third kappa shape index (κ3) is 2.38. The van der Waals surface area contributed by atoms with Crippen molar-refractivity contribution in [1.82, 2.24) is 14.8 Å². The number of halogens is 2. The number of nitrogens with zero attached hydrogens (tertiary/aromatic N) is 3. The molecule has 4 nitrogen and oxygen atoms in total. The van der Waals surface area contributed by atoms with E-state index in [0.29, 0.717) is 4.47 Å². The van der Waals surface area contributed by atoms with Gasteiger partial charge < -0.3 is 5.32 Å². The maximum absolute atomic E-state index is 13.1. The van der Waals surface area contributed by atoms with Crippen LogP contribution in [0, 0.1) is 5.82 Å². The van der Waals surface area contributed by atoms with Crippen molar-refractivity contribution in [2.24, 2.45) is 0 Å². The van der Waals surface area contributed by atoms with Crippen molar-refractivity contribution in [1.29, 1.82) is 0 Å². The molecular weight excluding hydrogens is 299 g/mol. The van der Waals surface area contributed by atoms with Crippen LogP contribution in [0.2, 0.25) is 0 Å².